The van der Waals surface area contributed by atoms with Crippen molar-refractivity contribution in [2.45, 2.75) is 58.0 Å². The second-order valence-corrected chi connectivity index (χ2v) is 8.24. The van der Waals surface area contributed by atoms with Gasteiger partial charge in [0.1, 0.15) is 11.9 Å². The fourth-order valence-electron chi connectivity index (χ4n) is 5.63. The van der Waals surface area contributed by atoms with Crippen LogP contribution < -0.4 is 4.74 Å². The summed E-state index contributed by atoms with van der Waals surface area (Å²) in [6.07, 6.45) is 7.83. The molecule has 1 saturated carbocycles. The Morgan fingerprint density at radius 1 is 1.32 bits per heavy atom. The Morgan fingerprint density at radius 3 is 2.92 bits per heavy atom. The molecule has 0 aromatic heterocycles. The molecule has 1 N–H and O–H groups in total. The van der Waals surface area contributed by atoms with E-state index >= 15 is 0 Å². The van der Waals surface area contributed by atoms with Gasteiger partial charge in [-0.2, -0.15) is 0 Å². The molecule has 3 aliphatic carbocycles. The van der Waals surface area contributed by atoms with Gasteiger partial charge in [-0.3, -0.25) is 0 Å². The molecule has 132 valence electrons. The molecule has 25 heavy (non-hydrogen) atoms. The maximum Gasteiger partial charge on any atom is 0.119 e. The second-order valence-electron chi connectivity index (χ2n) is 8.24. The molecule has 2 nitrogen and oxygen atoms in total. The van der Waals surface area contributed by atoms with Gasteiger partial charge in [-0.05, 0) is 80.0 Å². The second kappa shape index (κ2) is 6.22. The molecule has 1 fully saturated rings. The third kappa shape index (κ3) is 2.70. The average molecular weight is 336 g/mol. The van der Waals surface area contributed by atoms with Crippen molar-refractivity contribution in [2.75, 3.05) is 7.11 Å². The normalized spacial score (nSPS) is 33.9. The first-order valence-electron chi connectivity index (χ1n) is 9.60. The topological polar surface area (TPSA) is 29.5 Å². The molecule has 5 atom stereocenters. The zero-order valence-corrected chi connectivity index (χ0v) is 15.5. The van der Waals surface area contributed by atoms with E-state index in [1.54, 1.807) is 19.6 Å². The molecule has 0 radical (unpaired) electrons. The van der Waals surface area contributed by atoms with Crippen molar-refractivity contribution in [1.82, 2.24) is 0 Å². The fraction of sp³-hybridized carbons (Fsp3) is 0.565. The molecule has 0 saturated heterocycles. The Morgan fingerprint density at radius 2 is 2.16 bits per heavy atom. The van der Waals surface area contributed by atoms with E-state index in [-0.39, 0.29) is 5.41 Å². The third-order valence-corrected chi connectivity index (χ3v) is 6.93. The lowest BCUT2D eigenvalue weighted by Crippen LogP contribution is -2.41. The van der Waals surface area contributed by atoms with Gasteiger partial charge in [0.25, 0.3) is 0 Å². The van der Waals surface area contributed by atoms with E-state index in [4.69, 9.17) is 4.74 Å². The molecule has 0 heterocycles. The van der Waals surface area contributed by atoms with Crippen molar-refractivity contribution in [3.8, 4) is 17.6 Å². The van der Waals surface area contributed by atoms with Crippen LogP contribution in [0.2, 0.25) is 0 Å². The number of aliphatic hydroxyl groups excluding tert-OH is 1. The Balaban J connectivity index is 1.62. The van der Waals surface area contributed by atoms with Gasteiger partial charge >= 0.3 is 0 Å². The minimum absolute atomic E-state index is 0.201. The molecular weight excluding hydrogens is 308 g/mol. The molecule has 2 heteroatoms. The van der Waals surface area contributed by atoms with Crippen LogP contribution in [0, 0.1) is 29.1 Å². The molecule has 0 spiro atoms. The SMILES string of the molecule is COc1ccc2c(c1)CC[C@@H]1[C@@H]2CC[C@]2(C)C(C#CC(C)O)=CC[C@@H]12. The number of aryl methyl sites for hydroxylation is 1. The first-order valence-corrected chi connectivity index (χ1v) is 9.60. The van der Waals surface area contributed by atoms with Crippen molar-refractivity contribution < 1.29 is 9.84 Å². The minimum Gasteiger partial charge on any atom is -0.497 e. The summed E-state index contributed by atoms with van der Waals surface area (Å²) in [5.41, 5.74) is 4.52. The van der Waals surface area contributed by atoms with Gasteiger partial charge in [-0.15, -0.1) is 0 Å². The average Bonchev–Trinajstić information content (AvgIpc) is 2.95. The number of hydrogen-bond acceptors (Lipinski definition) is 2. The van der Waals surface area contributed by atoms with Crippen molar-refractivity contribution in [3.63, 3.8) is 0 Å². The zero-order chi connectivity index (χ0) is 17.6. The summed E-state index contributed by atoms with van der Waals surface area (Å²) in [5.74, 6) is 9.38. The summed E-state index contributed by atoms with van der Waals surface area (Å²) in [4.78, 5) is 0. The lowest BCUT2D eigenvalue weighted by Gasteiger charge is -2.49. The van der Waals surface area contributed by atoms with E-state index in [0.29, 0.717) is 11.8 Å². The van der Waals surface area contributed by atoms with E-state index in [2.05, 4.69) is 43.0 Å². The number of aliphatic hydroxyl groups is 1. The maximum atomic E-state index is 9.52. The number of rotatable bonds is 1. The van der Waals surface area contributed by atoms with Gasteiger partial charge in [-0.1, -0.05) is 30.9 Å². The Hall–Kier alpha value is -1.72. The summed E-state index contributed by atoms with van der Waals surface area (Å²) in [6, 6.07) is 6.68. The molecule has 0 amide bonds. The summed E-state index contributed by atoms with van der Waals surface area (Å²) < 4.78 is 5.42. The van der Waals surface area contributed by atoms with Crippen LogP contribution in [0.3, 0.4) is 0 Å². The molecular formula is C23H28O2. The van der Waals surface area contributed by atoms with Crippen LogP contribution in [0.1, 0.15) is 56.6 Å². The number of ether oxygens (including phenoxy) is 1. The standard InChI is InChI=1S/C23H28O2/c1-15(24)4-6-17-7-11-22-21-9-5-16-14-18(25-3)8-10-19(16)20(21)12-13-23(17,22)2/h7-8,10,14-15,20-22,24H,5,9,11-13H2,1-3H3/t15?,20-,21-,22+,23-/m1/s1. The molecule has 0 aliphatic heterocycles. The summed E-state index contributed by atoms with van der Waals surface area (Å²) >= 11 is 0. The highest BCUT2D eigenvalue weighted by Gasteiger charge is 2.51. The highest BCUT2D eigenvalue weighted by Crippen LogP contribution is 2.61. The van der Waals surface area contributed by atoms with Crippen LogP contribution in [0.25, 0.3) is 0 Å². The molecule has 1 aromatic carbocycles. The van der Waals surface area contributed by atoms with E-state index in [9.17, 15) is 5.11 Å². The Labute approximate surface area is 151 Å². The number of fused-ring (bicyclic) bond motifs is 5. The Bertz CT molecular complexity index is 764. The van der Waals surface area contributed by atoms with E-state index in [0.717, 1.165) is 24.5 Å². The quantitative estimate of drug-likeness (QED) is 0.767. The van der Waals surface area contributed by atoms with Gasteiger partial charge in [0.2, 0.25) is 0 Å². The number of benzene rings is 1. The zero-order valence-electron chi connectivity index (χ0n) is 15.5. The molecule has 3 aliphatic rings. The predicted octanol–water partition coefficient (Wildman–Crippen LogP) is 4.47. The number of hydrogen-bond donors (Lipinski definition) is 1. The maximum absolute atomic E-state index is 9.52. The highest BCUT2D eigenvalue weighted by molar-refractivity contribution is 5.44. The lowest BCUT2D eigenvalue weighted by molar-refractivity contribution is 0.0781. The molecule has 1 unspecified atom stereocenters. The predicted molar refractivity (Wildman–Crippen MR) is 101 cm³/mol. The van der Waals surface area contributed by atoms with Gasteiger partial charge < -0.3 is 9.84 Å². The van der Waals surface area contributed by atoms with Crippen molar-refractivity contribution in [1.29, 1.82) is 0 Å². The van der Waals surface area contributed by atoms with Crippen LogP contribution in [0.15, 0.2) is 29.8 Å². The highest BCUT2D eigenvalue weighted by atomic mass is 16.5. The van der Waals surface area contributed by atoms with Gasteiger partial charge in [0.15, 0.2) is 0 Å². The van der Waals surface area contributed by atoms with Crippen molar-refractivity contribution in [3.05, 3.63) is 41.0 Å². The minimum atomic E-state index is -0.545. The first-order chi connectivity index (χ1) is 12.0. The van der Waals surface area contributed by atoms with Crippen LogP contribution >= 0.6 is 0 Å². The smallest absolute Gasteiger partial charge is 0.119 e. The summed E-state index contributed by atoms with van der Waals surface area (Å²) in [5, 5.41) is 9.52. The summed E-state index contributed by atoms with van der Waals surface area (Å²) in [6.45, 7) is 4.15. The van der Waals surface area contributed by atoms with Crippen molar-refractivity contribution >= 4 is 0 Å². The number of allylic oxidation sites excluding steroid dienone is 2. The molecule has 0 bridgehead atoms. The van der Waals surface area contributed by atoms with Crippen LogP contribution in [-0.4, -0.2) is 18.3 Å². The van der Waals surface area contributed by atoms with E-state index in [1.807, 2.05) is 0 Å². The summed E-state index contributed by atoms with van der Waals surface area (Å²) in [7, 11) is 1.75. The lowest BCUT2D eigenvalue weighted by atomic mass is 9.54. The monoisotopic (exact) mass is 336 g/mol. The van der Waals surface area contributed by atoms with Crippen LogP contribution in [-0.2, 0) is 6.42 Å². The van der Waals surface area contributed by atoms with Gasteiger partial charge in [0.05, 0.1) is 7.11 Å². The van der Waals surface area contributed by atoms with Crippen LogP contribution in [0.5, 0.6) is 5.75 Å². The van der Waals surface area contributed by atoms with E-state index in [1.165, 1.54) is 30.4 Å². The number of methoxy groups -OCH3 is 1. The van der Waals surface area contributed by atoms with E-state index < -0.39 is 6.10 Å². The van der Waals surface area contributed by atoms with Crippen LogP contribution in [0.4, 0.5) is 0 Å². The van der Waals surface area contributed by atoms with Crippen molar-refractivity contribution in [2.24, 2.45) is 17.3 Å². The Kier molecular flexibility index (Phi) is 4.16. The third-order valence-electron chi connectivity index (χ3n) is 6.93. The largest absolute Gasteiger partial charge is 0.497 e. The molecule has 1 aromatic rings. The fourth-order valence-corrected chi connectivity index (χ4v) is 5.63. The first kappa shape index (κ1) is 16.7. The van der Waals surface area contributed by atoms with Gasteiger partial charge in [0, 0.05) is 11.0 Å². The van der Waals surface area contributed by atoms with Gasteiger partial charge in [-0.25, -0.2) is 0 Å². The molecule has 4 rings (SSSR count).